The van der Waals surface area contributed by atoms with Gasteiger partial charge in [-0.05, 0) is 29.0 Å². The SMILES string of the molecule is Oc1c(Cl)cc(Cl)cc1C=Nc1nc(-c2ccc3ccccc3c2)cs1. The number of aromatic nitrogens is 1. The van der Waals surface area contributed by atoms with E-state index in [9.17, 15) is 5.11 Å². The van der Waals surface area contributed by atoms with Crippen molar-refractivity contribution in [1.29, 1.82) is 0 Å². The van der Waals surface area contributed by atoms with Crippen LogP contribution < -0.4 is 0 Å². The van der Waals surface area contributed by atoms with Gasteiger partial charge in [0.15, 0.2) is 0 Å². The van der Waals surface area contributed by atoms with Crippen LogP contribution in [0.15, 0.2) is 65.0 Å². The molecule has 0 unspecified atom stereocenters. The molecule has 0 radical (unpaired) electrons. The van der Waals surface area contributed by atoms with E-state index in [1.54, 1.807) is 6.07 Å². The van der Waals surface area contributed by atoms with Crippen molar-refractivity contribution < 1.29 is 5.11 Å². The molecule has 1 heterocycles. The summed E-state index contributed by atoms with van der Waals surface area (Å²) in [5.41, 5.74) is 2.35. The van der Waals surface area contributed by atoms with Crippen molar-refractivity contribution in [3.8, 4) is 17.0 Å². The minimum absolute atomic E-state index is 0.0499. The van der Waals surface area contributed by atoms with Gasteiger partial charge in [-0.25, -0.2) is 9.98 Å². The first kappa shape index (κ1) is 17.0. The number of hydrogen-bond donors (Lipinski definition) is 1. The number of halogens is 2. The fraction of sp³-hybridized carbons (Fsp3) is 0. The minimum Gasteiger partial charge on any atom is -0.506 e. The molecule has 0 saturated carbocycles. The zero-order valence-corrected chi connectivity index (χ0v) is 15.7. The van der Waals surface area contributed by atoms with Crippen molar-refractivity contribution in [1.82, 2.24) is 4.98 Å². The van der Waals surface area contributed by atoms with Crippen molar-refractivity contribution in [2.75, 3.05) is 0 Å². The van der Waals surface area contributed by atoms with Gasteiger partial charge in [-0.1, -0.05) is 59.6 Å². The maximum absolute atomic E-state index is 9.98. The molecule has 0 atom stereocenters. The Hall–Kier alpha value is -2.40. The van der Waals surface area contributed by atoms with Crippen molar-refractivity contribution in [2.24, 2.45) is 4.99 Å². The van der Waals surface area contributed by atoms with E-state index in [0.717, 1.165) is 11.3 Å². The summed E-state index contributed by atoms with van der Waals surface area (Å²) in [7, 11) is 0. The predicted octanol–water partition coefficient (Wildman–Crippen LogP) is 6.73. The Bertz CT molecular complexity index is 1140. The van der Waals surface area contributed by atoms with E-state index in [1.165, 1.54) is 34.4 Å². The first-order valence-electron chi connectivity index (χ1n) is 7.77. The standard InChI is InChI=1S/C20H12Cl2N2OS/c21-16-8-15(19(25)17(22)9-16)10-23-20-24-18(11-26-20)14-6-5-12-3-1-2-4-13(12)7-14/h1-11,25H. The number of thiazole rings is 1. The molecule has 0 spiro atoms. The summed E-state index contributed by atoms with van der Waals surface area (Å²) in [5, 5.41) is 15.5. The molecule has 0 aliphatic rings. The van der Waals surface area contributed by atoms with E-state index < -0.39 is 0 Å². The third-order valence-corrected chi connectivity index (χ3v) is 5.16. The van der Waals surface area contributed by atoms with Crippen LogP contribution in [0.4, 0.5) is 5.13 Å². The molecule has 26 heavy (non-hydrogen) atoms. The van der Waals surface area contributed by atoms with Gasteiger partial charge >= 0.3 is 0 Å². The molecule has 1 aromatic heterocycles. The quantitative estimate of drug-likeness (QED) is 0.389. The van der Waals surface area contributed by atoms with Gasteiger partial charge in [0.25, 0.3) is 0 Å². The van der Waals surface area contributed by atoms with E-state index in [2.05, 4.69) is 34.2 Å². The second-order valence-electron chi connectivity index (χ2n) is 5.66. The van der Waals surface area contributed by atoms with Gasteiger partial charge < -0.3 is 5.11 Å². The molecule has 0 aliphatic heterocycles. The Morgan fingerprint density at radius 2 is 1.81 bits per heavy atom. The van der Waals surface area contributed by atoms with Gasteiger partial charge in [0, 0.05) is 27.7 Å². The van der Waals surface area contributed by atoms with E-state index >= 15 is 0 Å². The lowest BCUT2D eigenvalue weighted by atomic mass is 10.1. The molecular formula is C20H12Cl2N2OS. The second kappa shape index (κ2) is 7.08. The van der Waals surface area contributed by atoms with Crippen molar-refractivity contribution in [3.05, 3.63) is 75.6 Å². The van der Waals surface area contributed by atoms with Gasteiger partial charge in [-0.3, -0.25) is 0 Å². The molecule has 3 nitrogen and oxygen atoms in total. The molecule has 0 fully saturated rings. The fourth-order valence-electron chi connectivity index (χ4n) is 2.61. The Labute approximate surface area is 164 Å². The molecule has 0 amide bonds. The van der Waals surface area contributed by atoms with Crippen LogP contribution in [0, 0.1) is 0 Å². The summed E-state index contributed by atoms with van der Waals surface area (Å²) in [5.74, 6) is -0.0499. The predicted molar refractivity (Wildman–Crippen MR) is 110 cm³/mol. The highest BCUT2D eigenvalue weighted by Gasteiger charge is 2.08. The van der Waals surface area contributed by atoms with Crippen LogP contribution in [0.25, 0.3) is 22.0 Å². The maximum Gasteiger partial charge on any atom is 0.209 e. The van der Waals surface area contributed by atoms with Crippen LogP contribution in [0.2, 0.25) is 10.0 Å². The number of phenols is 1. The first-order chi connectivity index (χ1) is 12.6. The molecule has 3 aromatic carbocycles. The van der Waals surface area contributed by atoms with Crippen molar-refractivity contribution in [3.63, 3.8) is 0 Å². The molecular weight excluding hydrogens is 387 g/mol. The van der Waals surface area contributed by atoms with Crippen LogP contribution >= 0.6 is 34.5 Å². The average molecular weight is 399 g/mol. The van der Waals surface area contributed by atoms with Crippen LogP contribution in [-0.2, 0) is 0 Å². The summed E-state index contributed by atoms with van der Waals surface area (Å²) in [6, 6.07) is 17.5. The minimum atomic E-state index is -0.0499. The molecule has 0 bridgehead atoms. The highest BCUT2D eigenvalue weighted by atomic mass is 35.5. The Morgan fingerprint density at radius 3 is 2.65 bits per heavy atom. The van der Waals surface area contributed by atoms with Crippen molar-refractivity contribution >= 4 is 56.7 Å². The number of benzene rings is 3. The highest BCUT2D eigenvalue weighted by Crippen LogP contribution is 2.32. The summed E-state index contributed by atoms with van der Waals surface area (Å²) < 4.78 is 0. The lowest BCUT2D eigenvalue weighted by Gasteiger charge is -2.01. The Balaban J connectivity index is 1.63. The molecule has 128 valence electrons. The maximum atomic E-state index is 9.98. The number of aromatic hydroxyl groups is 1. The Kier molecular flexibility index (Phi) is 4.64. The molecule has 1 N–H and O–H groups in total. The third kappa shape index (κ3) is 3.44. The average Bonchev–Trinajstić information content (AvgIpc) is 3.12. The van der Waals surface area contributed by atoms with Crippen molar-refractivity contribution in [2.45, 2.75) is 0 Å². The number of rotatable bonds is 3. The zero-order valence-electron chi connectivity index (χ0n) is 13.4. The molecule has 6 heteroatoms. The third-order valence-electron chi connectivity index (χ3n) is 3.91. The monoisotopic (exact) mass is 398 g/mol. The Morgan fingerprint density at radius 1 is 1.00 bits per heavy atom. The highest BCUT2D eigenvalue weighted by molar-refractivity contribution is 7.13. The second-order valence-corrected chi connectivity index (χ2v) is 7.34. The van der Waals surface area contributed by atoms with Crippen LogP contribution in [-0.4, -0.2) is 16.3 Å². The fourth-order valence-corrected chi connectivity index (χ4v) is 3.79. The lowest BCUT2D eigenvalue weighted by Crippen LogP contribution is -1.84. The van der Waals surface area contributed by atoms with E-state index in [1.807, 2.05) is 23.6 Å². The lowest BCUT2D eigenvalue weighted by molar-refractivity contribution is 0.475. The largest absolute Gasteiger partial charge is 0.506 e. The van der Waals surface area contributed by atoms with Gasteiger partial charge in [0.2, 0.25) is 5.13 Å². The first-order valence-corrected chi connectivity index (χ1v) is 9.40. The number of hydrogen-bond acceptors (Lipinski definition) is 4. The van der Waals surface area contributed by atoms with Gasteiger partial charge in [0.05, 0.1) is 10.7 Å². The summed E-state index contributed by atoms with van der Waals surface area (Å²) in [6.07, 6.45) is 1.51. The van der Waals surface area contributed by atoms with E-state index in [4.69, 9.17) is 23.2 Å². The smallest absolute Gasteiger partial charge is 0.209 e. The molecule has 0 saturated heterocycles. The molecule has 4 rings (SSSR count). The molecule has 4 aromatic rings. The normalized spacial score (nSPS) is 11.5. The number of phenolic OH excluding ortho intramolecular Hbond substituents is 1. The van der Waals surface area contributed by atoms with Gasteiger partial charge in [-0.15, -0.1) is 11.3 Å². The van der Waals surface area contributed by atoms with Gasteiger partial charge in [0.1, 0.15) is 5.75 Å². The summed E-state index contributed by atoms with van der Waals surface area (Å²) >= 11 is 13.3. The number of nitrogens with zero attached hydrogens (tertiary/aromatic N) is 2. The number of fused-ring (bicyclic) bond motifs is 1. The topological polar surface area (TPSA) is 45.5 Å². The summed E-state index contributed by atoms with van der Waals surface area (Å²) in [4.78, 5) is 8.88. The summed E-state index contributed by atoms with van der Waals surface area (Å²) in [6.45, 7) is 0. The number of aliphatic imine (C=N–C) groups is 1. The van der Waals surface area contributed by atoms with Crippen LogP contribution in [0.3, 0.4) is 0 Å². The van der Waals surface area contributed by atoms with Gasteiger partial charge in [-0.2, -0.15) is 0 Å². The van der Waals surface area contributed by atoms with Crippen LogP contribution in [0.5, 0.6) is 5.75 Å². The van der Waals surface area contributed by atoms with E-state index in [-0.39, 0.29) is 10.8 Å². The van der Waals surface area contributed by atoms with Crippen LogP contribution in [0.1, 0.15) is 5.56 Å². The molecule has 0 aliphatic carbocycles. The van der Waals surface area contributed by atoms with E-state index in [0.29, 0.717) is 15.7 Å². The zero-order chi connectivity index (χ0) is 18.1.